The molecule has 0 radical (unpaired) electrons. The zero-order valence-corrected chi connectivity index (χ0v) is 24.8. The van der Waals surface area contributed by atoms with Gasteiger partial charge in [-0.25, -0.2) is 0 Å². The number of hydrogen-bond donors (Lipinski definition) is 4. The number of nitrogens with one attached hydrogen (secondary N) is 1. The lowest BCUT2D eigenvalue weighted by Gasteiger charge is -2.26. The Morgan fingerprint density at radius 1 is 0.632 bits per heavy atom. The molecule has 0 aromatic heterocycles. The van der Waals surface area contributed by atoms with Crippen molar-refractivity contribution in [3.8, 4) is 0 Å². The quantitative estimate of drug-likeness (QED) is 0.0641. The molecule has 38 heavy (non-hydrogen) atoms. The van der Waals surface area contributed by atoms with E-state index < -0.39 is 18.2 Å². The van der Waals surface area contributed by atoms with E-state index in [2.05, 4.69) is 55.6 Å². The molecule has 3 unspecified atom stereocenters. The molecule has 4 N–H and O–H groups in total. The highest BCUT2D eigenvalue weighted by Gasteiger charge is 2.26. The van der Waals surface area contributed by atoms with Crippen LogP contribution < -0.4 is 5.32 Å². The van der Waals surface area contributed by atoms with Crippen LogP contribution in [0.2, 0.25) is 0 Å². The summed E-state index contributed by atoms with van der Waals surface area (Å²) in [6.07, 6.45) is 32.3. The van der Waals surface area contributed by atoms with Crippen molar-refractivity contribution in [1.82, 2.24) is 5.32 Å². The molecule has 0 heterocycles. The number of unbranched alkanes of at least 4 members (excludes halogenated alkanes) is 13. The Hall–Kier alpha value is -1.43. The van der Waals surface area contributed by atoms with E-state index in [1.54, 1.807) is 0 Å². The molecule has 222 valence electrons. The molecule has 0 saturated heterocycles. The summed E-state index contributed by atoms with van der Waals surface area (Å²) in [5.74, 6) is -0.174. The minimum absolute atomic E-state index is 0.174. The molecule has 0 rings (SSSR count). The fourth-order valence-corrected chi connectivity index (χ4v) is 4.39. The van der Waals surface area contributed by atoms with Crippen LogP contribution in [0, 0.1) is 0 Å². The average molecular weight is 536 g/mol. The minimum atomic E-state index is -1.17. The summed E-state index contributed by atoms with van der Waals surface area (Å²) in [7, 11) is 0. The molecule has 0 spiro atoms. The molecule has 0 bridgehead atoms. The van der Waals surface area contributed by atoms with E-state index in [0.717, 1.165) is 51.4 Å². The van der Waals surface area contributed by atoms with Crippen molar-refractivity contribution in [2.24, 2.45) is 0 Å². The van der Waals surface area contributed by atoms with Crippen LogP contribution in [-0.4, -0.2) is 46.1 Å². The lowest BCUT2D eigenvalue weighted by atomic mass is 10.0. The molecule has 3 atom stereocenters. The highest BCUT2D eigenvalue weighted by atomic mass is 16.3. The van der Waals surface area contributed by atoms with E-state index in [9.17, 15) is 20.1 Å². The third-order valence-electron chi connectivity index (χ3n) is 6.94. The fourth-order valence-electron chi connectivity index (χ4n) is 4.39. The predicted octanol–water partition coefficient (Wildman–Crippen LogP) is 7.70. The molecule has 0 aliphatic carbocycles. The normalized spacial score (nSPS) is 14.6. The molecule has 0 saturated carbocycles. The van der Waals surface area contributed by atoms with Crippen LogP contribution in [0.3, 0.4) is 0 Å². The number of rotatable bonds is 27. The zero-order chi connectivity index (χ0) is 28.1. The topological polar surface area (TPSA) is 89.8 Å². The van der Waals surface area contributed by atoms with Crippen molar-refractivity contribution in [2.75, 3.05) is 6.61 Å². The number of aliphatic hydroxyl groups is 3. The van der Waals surface area contributed by atoms with E-state index in [4.69, 9.17) is 0 Å². The molecule has 5 heteroatoms. The van der Waals surface area contributed by atoms with Gasteiger partial charge in [0.2, 0.25) is 5.91 Å². The molecule has 0 aromatic carbocycles. The number of carbonyl (C=O) groups is 1. The van der Waals surface area contributed by atoms with Crippen molar-refractivity contribution in [2.45, 2.75) is 161 Å². The van der Waals surface area contributed by atoms with E-state index in [-0.39, 0.29) is 12.5 Å². The first-order valence-corrected chi connectivity index (χ1v) is 15.8. The molecular weight excluding hydrogens is 474 g/mol. The number of allylic oxidation sites excluding steroid dienone is 6. The Kier molecular flexibility index (Phi) is 27.5. The van der Waals surface area contributed by atoms with Gasteiger partial charge in [-0.1, -0.05) is 102 Å². The van der Waals surface area contributed by atoms with Crippen LogP contribution in [0.4, 0.5) is 0 Å². The summed E-state index contributed by atoms with van der Waals surface area (Å²) in [5, 5.41) is 33.1. The van der Waals surface area contributed by atoms with Gasteiger partial charge in [0.1, 0.15) is 6.10 Å². The largest absolute Gasteiger partial charge is 0.394 e. The number of aliphatic hydroxyl groups excluding tert-OH is 3. The molecule has 0 fully saturated rings. The Labute approximate surface area is 234 Å². The van der Waals surface area contributed by atoms with Crippen LogP contribution >= 0.6 is 0 Å². The maximum atomic E-state index is 12.2. The monoisotopic (exact) mass is 535 g/mol. The second-order valence-corrected chi connectivity index (χ2v) is 10.6. The van der Waals surface area contributed by atoms with Gasteiger partial charge in [0.15, 0.2) is 0 Å². The minimum Gasteiger partial charge on any atom is -0.394 e. The van der Waals surface area contributed by atoms with E-state index >= 15 is 0 Å². The van der Waals surface area contributed by atoms with Crippen LogP contribution in [0.5, 0.6) is 0 Å². The molecule has 0 aliphatic rings. The first kappa shape index (κ1) is 36.6. The van der Waals surface area contributed by atoms with Gasteiger partial charge in [0, 0.05) is 6.42 Å². The van der Waals surface area contributed by atoms with Crippen LogP contribution in [0.15, 0.2) is 36.5 Å². The maximum Gasteiger partial charge on any atom is 0.220 e. The van der Waals surface area contributed by atoms with Gasteiger partial charge in [-0.2, -0.15) is 0 Å². The maximum absolute atomic E-state index is 12.2. The van der Waals surface area contributed by atoms with Crippen molar-refractivity contribution in [1.29, 1.82) is 0 Å². The van der Waals surface area contributed by atoms with Crippen LogP contribution in [0.1, 0.15) is 142 Å². The molecule has 1 amide bonds. The summed E-state index contributed by atoms with van der Waals surface area (Å²) in [4.78, 5) is 12.2. The molecule has 0 aliphatic heterocycles. The van der Waals surface area contributed by atoms with Gasteiger partial charge in [-0.3, -0.25) is 4.79 Å². The Balaban J connectivity index is 3.87. The van der Waals surface area contributed by atoms with Crippen molar-refractivity contribution in [3.63, 3.8) is 0 Å². The lowest BCUT2D eigenvalue weighted by molar-refractivity contribution is -0.124. The first-order chi connectivity index (χ1) is 18.6. The van der Waals surface area contributed by atoms with E-state index in [0.29, 0.717) is 12.8 Å². The van der Waals surface area contributed by atoms with Crippen molar-refractivity contribution in [3.05, 3.63) is 36.5 Å². The summed E-state index contributed by atoms with van der Waals surface area (Å²) in [6, 6.07) is -0.832. The van der Waals surface area contributed by atoms with Gasteiger partial charge >= 0.3 is 0 Å². The summed E-state index contributed by atoms with van der Waals surface area (Å²) >= 11 is 0. The first-order valence-electron chi connectivity index (χ1n) is 15.8. The SMILES string of the molecule is CCCC/C=C\CCCCCCCC(=O)NC(CO)C(O)C(O)CCC/C=C/CC/C=C/CCCCCC. The Bertz CT molecular complexity index is 602. The number of amides is 1. The number of hydrogen-bond acceptors (Lipinski definition) is 4. The third-order valence-corrected chi connectivity index (χ3v) is 6.94. The highest BCUT2D eigenvalue weighted by Crippen LogP contribution is 2.12. The number of carbonyl (C=O) groups excluding carboxylic acids is 1. The van der Waals surface area contributed by atoms with E-state index in [1.165, 1.54) is 64.2 Å². The molecule has 5 nitrogen and oxygen atoms in total. The highest BCUT2D eigenvalue weighted by molar-refractivity contribution is 5.76. The predicted molar refractivity (Wildman–Crippen MR) is 162 cm³/mol. The fraction of sp³-hybridized carbons (Fsp3) is 0.788. The van der Waals surface area contributed by atoms with E-state index in [1.807, 2.05) is 0 Å². The molecular formula is C33H61NO4. The van der Waals surface area contributed by atoms with Crippen molar-refractivity contribution >= 4 is 5.91 Å². The van der Waals surface area contributed by atoms with Gasteiger partial charge in [-0.15, -0.1) is 0 Å². The van der Waals surface area contributed by atoms with Crippen LogP contribution in [-0.2, 0) is 4.79 Å². The Morgan fingerprint density at radius 3 is 1.68 bits per heavy atom. The second kappa shape index (κ2) is 28.6. The third kappa shape index (κ3) is 23.7. The average Bonchev–Trinajstić information content (AvgIpc) is 2.92. The van der Waals surface area contributed by atoms with Gasteiger partial charge in [0.05, 0.1) is 18.8 Å². The summed E-state index contributed by atoms with van der Waals surface area (Å²) < 4.78 is 0. The van der Waals surface area contributed by atoms with Gasteiger partial charge in [-0.05, 0) is 70.6 Å². The summed E-state index contributed by atoms with van der Waals surface area (Å²) in [5.41, 5.74) is 0. The second-order valence-electron chi connectivity index (χ2n) is 10.6. The van der Waals surface area contributed by atoms with Gasteiger partial charge in [0.25, 0.3) is 0 Å². The summed E-state index contributed by atoms with van der Waals surface area (Å²) in [6.45, 7) is 4.06. The lowest BCUT2D eigenvalue weighted by Crippen LogP contribution is -2.50. The van der Waals surface area contributed by atoms with Crippen molar-refractivity contribution < 1.29 is 20.1 Å². The smallest absolute Gasteiger partial charge is 0.220 e. The Morgan fingerprint density at radius 2 is 1.11 bits per heavy atom. The zero-order valence-electron chi connectivity index (χ0n) is 24.8. The molecule has 0 aromatic rings. The van der Waals surface area contributed by atoms with Gasteiger partial charge < -0.3 is 20.6 Å². The standard InChI is InChI=1S/C33H61NO4/c1-3-5-7-9-11-13-15-16-18-19-21-23-25-27-31(36)33(38)30(29-35)34-32(37)28-26-24-22-20-17-14-12-10-8-6-4-2/h10,12-13,15,19,21,30-31,33,35-36,38H,3-9,11,14,16-18,20,22-29H2,1-2H3,(H,34,37)/b12-10-,15-13+,21-19+. The van der Waals surface area contributed by atoms with Crippen LogP contribution in [0.25, 0.3) is 0 Å².